The Bertz CT molecular complexity index is 1040. The lowest BCUT2D eigenvalue weighted by molar-refractivity contribution is -0.449. The predicted octanol–water partition coefficient (Wildman–Crippen LogP) is 9.04. The normalized spacial score (nSPS) is 14.9. The quantitative estimate of drug-likeness (QED) is 0.128. The second-order valence-electron chi connectivity index (χ2n) is 7.80. The zero-order valence-electron chi connectivity index (χ0n) is 18.5. The lowest BCUT2D eigenvalue weighted by Gasteiger charge is -2.41. The highest BCUT2D eigenvalue weighted by molar-refractivity contribution is 14.1. The van der Waals surface area contributed by atoms with Crippen molar-refractivity contribution < 1.29 is 70.7 Å². The lowest BCUT2D eigenvalue weighted by atomic mass is 9.91. The van der Waals surface area contributed by atoms with Crippen molar-refractivity contribution >= 4 is 44.4 Å². The van der Waals surface area contributed by atoms with Gasteiger partial charge in [-0.25, -0.2) is 0 Å². The minimum atomic E-state index is -8.31. The Labute approximate surface area is 231 Å². The van der Waals surface area contributed by atoms with Gasteiger partial charge in [0, 0.05) is 22.7 Å². The van der Waals surface area contributed by atoms with Gasteiger partial charge in [0.1, 0.15) is 0 Å². The third-order valence-electron chi connectivity index (χ3n) is 4.92. The van der Waals surface area contributed by atoms with Crippen LogP contribution in [-0.2, 0) is 0 Å². The van der Waals surface area contributed by atoms with Crippen molar-refractivity contribution in [3.63, 3.8) is 0 Å². The van der Waals surface area contributed by atoms with Gasteiger partial charge in [-0.2, -0.15) is 65.9 Å². The summed E-state index contributed by atoms with van der Waals surface area (Å²) in [6, 6.07) is 5.96. The summed E-state index contributed by atoms with van der Waals surface area (Å²) < 4.78 is 198. The third-order valence-corrected chi connectivity index (χ3v) is 6.30. The maximum Gasteiger partial charge on any atom is 0.460 e. The molecule has 1 amide bonds. The van der Waals surface area contributed by atoms with Gasteiger partial charge in [-0.15, -0.1) is 0 Å². The smallest absolute Gasteiger partial charge is 0.352 e. The number of alkyl halides is 15. The summed E-state index contributed by atoms with van der Waals surface area (Å²) in [7, 11) is 0. The summed E-state index contributed by atoms with van der Waals surface area (Å²) in [5, 5.41) is 2.40. The second kappa shape index (κ2) is 11.8. The highest BCUT2D eigenvalue weighted by atomic mass is 127. The van der Waals surface area contributed by atoms with E-state index in [1.807, 2.05) is 0 Å². The number of rotatable bonds is 12. The molecule has 0 aromatic heterocycles. The number of unbranched alkanes of at least 4 members (excludes halogenated alkanes) is 1. The molecule has 0 saturated heterocycles. The van der Waals surface area contributed by atoms with Gasteiger partial charge in [-0.05, 0) is 69.7 Å². The molecule has 0 bridgehead atoms. The van der Waals surface area contributed by atoms with E-state index in [1.165, 1.54) is 12.1 Å². The molecule has 0 heterocycles. The lowest BCUT2D eigenvalue weighted by Crippen LogP contribution is -2.72. The summed E-state index contributed by atoms with van der Waals surface area (Å²) in [6.45, 7) is -0.0990. The molecular weight excluding hydrogens is 762 g/mol. The van der Waals surface area contributed by atoms with Crippen molar-refractivity contribution in [2.75, 3.05) is 6.54 Å². The minimum absolute atomic E-state index is 0.0163. The van der Waals surface area contributed by atoms with Crippen LogP contribution < -0.4 is 5.32 Å². The van der Waals surface area contributed by atoms with Gasteiger partial charge in [-0.1, -0.05) is 15.9 Å². The monoisotopic (exact) mass is 775 g/mol. The molecule has 0 unspecified atom stereocenters. The van der Waals surface area contributed by atoms with Gasteiger partial charge in [0.25, 0.3) is 5.91 Å². The van der Waals surface area contributed by atoms with E-state index in [2.05, 4.69) is 21.2 Å². The van der Waals surface area contributed by atoms with Gasteiger partial charge in [0.2, 0.25) is 0 Å². The van der Waals surface area contributed by atoms with E-state index < -0.39 is 63.7 Å². The Kier molecular flexibility index (Phi) is 10.8. The molecule has 1 rings (SSSR count). The van der Waals surface area contributed by atoms with E-state index in [4.69, 9.17) is 0 Å². The second-order valence-corrected chi connectivity index (χ2v) is 10.1. The molecule has 0 aliphatic heterocycles. The Hall–Kier alpha value is -1.41. The average molecular weight is 776 g/mol. The van der Waals surface area contributed by atoms with Crippen molar-refractivity contribution in [1.82, 2.24) is 5.32 Å². The molecule has 0 aliphatic rings. The van der Waals surface area contributed by atoms with Crippen molar-refractivity contribution in [3.05, 3.63) is 44.0 Å². The molecule has 0 fully saturated rings. The number of amides is 1. The van der Waals surface area contributed by atoms with Gasteiger partial charge >= 0.3 is 41.7 Å². The molecule has 2 nitrogen and oxygen atoms in total. The first-order valence-corrected chi connectivity index (χ1v) is 11.9. The van der Waals surface area contributed by atoms with Gasteiger partial charge in [0.15, 0.2) is 0 Å². The zero-order chi connectivity index (χ0) is 30.9. The molecule has 0 spiro atoms. The van der Waals surface area contributed by atoms with E-state index in [1.54, 1.807) is 12.1 Å². The number of nitrogens with one attached hydrogen (secondary N) is 1. The topological polar surface area (TPSA) is 29.1 Å². The molecule has 1 aromatic rings. The summed E-state index contributed by atoms with van der Waals surface area (Å²) >= 11 is 4.02. The Morgan fingerprint density at radius 3 is 1.62 bits per heavy atom. The van der Waals surface area contributed by atoms with E-state index >= 15 is 0 Å². The molecule has 0 saturated carbocycles. The number of hydrogen-bond donors (Lipinski definition) is 1. The fourth-order valence-corrected chi connectivity index (χ4v) is 3.70. The van der Waals surface area contributed by atoms with Crippen LogP contribution in [-0.4, -0.2) is 54.2 Å². The molecule has 0 aliphatic carbocycles. The van der Waals surface area contributed by atoms with E-state index in [-0.39, 0.29) is 24.9 Å². The zero-order valence-corrected chi connectivity index (χ0v) is 22.3. The van der Waals surface area contributed by atoms with Gasteiger partial charge in [0.05, 0.1) is 0 Å². The van der Waals surface area contributed by atoms with E-state index in [9.17, 15) is 70.7 Å². The fraction of sp³-hybridized carbons (Fsp3) is 0.550. The number of carbonyl (C=O) groups is 1. The van der Waals surface area contributed by atoms with Crippen LogP contribution in [0.2, 0.25) is 0 Å². The summed E-state index contributed by atoms with van der Waals surface area (Å²) in [6.07, 6.45) is -9.50. The van der Waals surface area contributed by atoms with Gasteiger partial charge in [-0.3, -0.25) is 4.79 Å². The summed E-state index contributed by atoms with van der Waals surface area (Å²) in [5.41, 5.74) is 0.228. The van der Waals surface area contributed by atoms with Crippen LogP contribution in [0, 0.1) is 0 Å². The Morgan fingerprint density at radius 1 is 0.718 bits per heavy atom. The highest BCUT2D eigenvalue weighted by Crippen LogP contribution is 2.62. The van der Waals surface area contributed by atoms with E-state index in [0.29, 0.717) is 4.47 Å². The molecule has 0 radical (unpaired) electrons. The largest absolute Gasteiger partial charge is 0.460 e. The number of hydrogen-bond acceptors (Lipinski definition) is 1. The highest BCUT2D eigenvalue weighted by Gasteiger charge is 2.93. The maximum atomic E-state index is 13.9. The first-order valence-electron chi connectivity index (χ1n) is 10.0. The number of carbonyl (C=O) groups excluding carboxylic acids is 1. The first kappa shape index (κ1) is 35.6. The number of halogens is 17. The number of allylic oxidation sites excluding steroid dienone is 2. The first-order chi connectivity index (χ1) is 17.3. The average Bonchev–Trinajstić information content (AvgIpc) is 2.77. The van der Waals surface area contributed by atoms with Crippen LogP contribution in [0.15, 0.2) is 38.4 Å². The van der Waals surface area contributed by atoms with Crippen LogP contribution >= 0.6 is 38.5 Å². The molecule has 39 heavy (non-hydrogen) atoms. The molecule has 1 aromatic carbocycles. The van der Waals surface area contributed by atoms with Crippen LogP contribution in [0.3, 0.4) is 0 Å². The Morgan fingerprint density at radius 2 is 1.15 bits per heavy atom. The molecule has 224 valence electrons. The van der Waals surface area contributed by atoms with Crippen LogP contribution in [0.4, 0.5) is 65.9 Å². The SMILES string of the molecule is O=C(NCCCCC(I)=CC(F)(F)C(F)(F)C(F)(F)C(F)(F)C(F)(F)C(F)(F)C(F)(F)F)c1ccc(Br)cc1. The van der Waals surface area contributed by atoms with Crippen LogP contribution in [0.25, 0.3) is 0 Å². The maximum absolute atomic E-state index is 13.9. The standard InChI is InChI=1S/C20H14BrF15INO/c21-11-6-4-10(5-7-11)13(39)38-8-2-1-3-12(37)9-14(22,23)15(24,25)16(26,27)17(28,29)18(30,31)19(32,33)20(34,35)36/h4-7,9H,1-3,8H2,(H,38,39). The predicted molar refractivity (Wildman–Crippen MR) is 118 cm³/mol. The third kappa shape index (κ3) is 6.91. The van der Waals surface area contributed by atoms with Crippen molar-refractivity contribution in [3.8, 4) is 0 Å². The minimum Gasteiger partial charge on any atom is -0.352 e. The fourth-order valence-electron chi connectivity index (χ4n) is 2.66. The van der Waals surface area contributed by atoms with Gasteiger partial charge < -0.3 is 5.32 Å². The van der Waals surface area contributed by atoms with Crippen LogP contribution in [0.1, 0.15) is 29.6 Å². The van der Waals surface area contributed by atoms with Crippen molar-refractivity contribution in [1.29, 1.82) is 0 Å². The Balaban J connectivity index is 2.98. The molecule has 0 atom stereocenters. The van der Waals surface area contributed by atoms with Crippen LogP contribution in [0.5, 0.6) is 0 Å². The summed E-state index contributed by atoms with van der Waals surface area (Å²) in [4.78, 5) is 11.9. The molecule has 19 heteroatoms. The van der Waals surface area contributed by atoms with Crippen molar-refractivity contribution in [2.45, 2.75) is 61.0 Å². The number of benzene rings is 1. The van der Waals surface area contributed by atoms with Crippen molar-refractivity contribution in [2.24, 2.45) is 0 Å². The molecule has 1 N–H and O–H groups in total. The molecular formula is C20H14BrF15INO. The summed E-state index contributed by atoms with van der Waals surface area (Å²) in [5.74, 6) is -47.2. The van der Waals surface area contributed by atoms with E-state index in [0.717, 1.165) is 22.6 Å².